The Balaban J connectivity index is 2.09. The zero-order valence-corrected chi connectivity index (χ0v) is 14.2. The molecule has 0 radical (unpaired) electrons. The predicted octanol–water partition coefficient (Wildman–Crippen LogP) is 2.00. The Hall–Kier alpha value is -3.18. The average Bonchev–Trinajstić information content (AvgIpc) is 2.58. The van der Waals surface area contributed by atoms with Gasteiger partial charge in [0.05, 0.1) is 22.0 Å². The van der Waals surface area contributed by atoms with E-state index in [2.05, 4.69) is 20.3 Å². The Morgan fingerprint density at radius 2 is 2.16 bits per heavy atom. The van der Waals surface area contributed by atoms with Gasteiger partial charge in [-0.15, -0.1) is 0 Å². The van der Waals surface area contributed by atoms with Crippen molar-refractivity contribution in [3.8, 4) is 6.07 Å². The molecular weight excluding hydrogens is 342 g/mol. The summed E-state index contributed by atoms with van der Waals surface area (Å²) in [5.41, 5.74) is 6.09. The minimum absolute atomic E-state index is 0.0827. The number of halogens is 1. The number of benzene rings is 1. The topological polar surface area (TPSA) is 123 Å². The normalized spacial score (nSPS) is 11.9. The molecule has 0 saturated heterocycles. The lowest BCUT2D eigenvalue weighted by atomic mass is 10.2. The first-order chi connectivity index (χ1) is 11.9. The van der Waals surface area contributed by atoms with Crippen molar-refractivity contribution in [1.29, 1.82) is 5.26 Å². The fourth-order valence-corrected chi connectivity index (χ4v) is 2.81. The van der Waals surface area contributed by atoms with Crippen molar-refractivity contribution in [2.24, 2.45) is 7.05 Å². The minimum atomic E-state index is -0.414. The number of nitriles is 1. The van der Waals surface area contributed by atoms with E-state index in [1.54, 1.807) is 32.2 Å². The summed E-state index contributed by atoms with van der Waals surface area (Å²) < 4.78 is 1.42. The Bertz CT molecular complexity index is 1070. The van der Waals surface area contributed by atoms with Crippen LogP contribution < -0.4 is 16.6 Å². The molecule has 1 atom stereocenters. The van der Waals surface area contributed by atoms with Crippen LogP contribution in [0.1, 0.15) is 24.4 Å². The lowest BCUT2D eigenvalue weighted by Crippen LogP contribution is -2.26. The second-order valence-electron chi connectivity index (χ2n) is 5.43. The number of hydrogen-bond donors (Lipinski definition) is 2. The maximum absolute atomic E-state index is 12.6. The van der Waals surface area contributed by atoms with E-state index in [1.807, 2.05) is 6.07 Å². The number of rotatable bonds is 3. The largest absolute Gasteiger partial charge is 0.382 e. The molecule has 0 aliphatic rings. The Morgan fingerprint density at radius 1 is 1.40 bits per heavy atom. The van der Waals surface area contributed by atoms with E-state index in [1.165, 1.54) is 10.9 Å². The van der Waals surface area contributed by atoms with Gasteiger partial charge in [0, 0.05) is 7.05 Å². The number of fused-ring (bicyclic) bond motifs is 1. The first-order valence-corrected chi connectivity index (χ1v) is 7.74. The van der Waals surface area contributed by atoms with Gasteiger partial charge in [0.1, 0.15) is 35.4 Å². The highest BCUT2D eigenvalue weighted by molar-refractivity contribution is 6.35. The molecule has 2 aromatic heterocycles. The highest BCUT2D eigenvalue weighted by Crippen LogP contribution is 2.23. The molecule has 0 aliphatic carbocycles. The monoisotopic (exact) mass is 355 g/mol. The lowest BCUT2D eigenvalue weighted by molar-refractivity contribution is 0.682. The first-order valence-electron chi connectivity index (χ1n) is 7.36. The maximum atomic E-state index is 12.6. The summed E-state index contributed by atoms with van der Waals surface area (Å²) in [6, 6.07) is 6.66. The summed E-state index contributed by atoms with van der Waals surface area (Å²) in [7, 11) is 1.62. The van der Waals surface area contributed by atoms with Crippen LogP contribution >= 0.6 is 11.6 Å². The molecule has 0 aliphatic heterocycles. The highest BCUT2D eigenvalue weighted by Gasteiger charge is 2.18. The molecule has 8 nitrogen and oxygen atoms in total. The third-order valence-corrected chi connectivity index (χ3v) is 4.13. The number of nitrogen functional groups attached to an aromatic ring is 1. The van der Waals surface area contributed by atoms with E-state index < -0.39 is 6.04 Å². The molecule has 0 amide bonds. The van der Waals surface area contributed by atoms with Crippen LogP contribution in [0.3, 0.4) is 0 Å². The van der Waals surface area contributed by atoms with Crippen LogP contribution in [0.25, 0.3) is 10.9 Å². The number of nitrogens with zero attached hydrogens (tertiary/aromatic N) is 5. The zero-order valence-electron chi connectivity index (χ0n) is 13.5. The smallest absolute Gasteiger partial charge is 0.262 e. The first kappa shape index (κ1) is 16.7. The van der Waals surface area contributed by atoms with E-state index in [4.69, 9.17) is 17.3 Å². The Kier molecular flexibility index (Phi) is 4.25. The molecule has 25 heavy (non-hydrogen) atoms. The fraction of sp³-hybridized carbons (Fsp3) is 0.188. The molecule has 3 aromatic rings. The van der Waals surface area contributed by atoms with Gasteiger partial charge in [-0.2, -0.15) is 5.26 Å². The molecule has 3 rings (SSSR count). The van der Waals surface area contributed by atoms with Gasteiger partial charge in [0.2, 0.25) is 0 Å². The standard InChI is InChI=1S/C16H14ClN7O/c1-8(22-14-9(6-18)13(19)20-7-21-14)15-23-11-5-3-4-10(17)12(11)16(25)24(15)2/h3-5,7-8H,1-2H3,(H3,19,20,21,22)/t8-/m0/s1. The van der Waals surface area contributed by atoms with Gasteiger partial charge in [-0.3, -0.25) is 9.36 Å². The lowest BCUT2D eigenvalue weighted by Gasteiger charge is -2.18. The molecule has 0 spiro atoms. The van der Waals surface area contributed by atoms with Gasteiger partial charge in [-0.1, -0.05) is 17.7 Å². The van der Waals surface area contributed by atoms with E-state index in [-0.39, 0.29) is 22.8 Å². The molecule has 1 aromatic carbocycles. The van der Waals surface area contributed by atoms with E-state index in [0.29, 0.717) is 21.7 Å². The van der Waals surface area contributed by atoms with Gasteiger partial charge in [0.15, 0.2) is 0 Å². The SMILES string of the molecule is C[C@H](Nc1ncnc(N)c1C#N)c1nc2cccc(Cl)c2c(=O)n1C. The van der Waals surface area contributed by atoms with E-state index >= 15 is 0 Å². The van der Waals surface area contributed by atoms with E-state index in [0.717, 1.165) is 0 Å². The van der Waals surface area contributed by atoms with Crippen molar-refractivity contribution in [1.82, 2.24) is 19.5 Å². The summed E-state index contributed by atoms with van der Waals surface area (Å²) in [5, 5.41) is 13.0. The van der Waals surface area contributed by atoms with Gasteiger partial charge in [-0.05, 0) is 19.1 Å². The van der Waals surface area contributed by atoms with Crippen LogP contribution in [-0.2, 0) is 7.05 Å². The van der Waals surface area contributed by atoms with Gasteiger partial charge in [0.25, 0.3) is 5.56 Å². The number of hydrogen-bond acceptors (Lipinski definition) is 7. The molecule has 2 heterocycles. The number of nitrogens with two attached hydrogens (primary N) is 1. The third-order valence-electron chi connectivity index (χ3n) is 3.82. The fourth-order valence-electron chi connectivity index (χ4n) is 2.56. The molecule has 3 N–H and O–H groups in total. The van der Waals surface area contributed by atoms with Crippen LogP contribution in [0.4, 0.5) is 11.6 Å². The maximum Gasteiger partial charge on any atom is 0.262 e. The molecular formula is C16H14ClN7O. The van der Waals surface area contributed by atoms with Crippen molar-refractivity contribution in [3.05, 3.63) is 51.3 Å². The van der Waals surface area contributed by atoms with Gasteiger partial charge in [-0.25, -0.2) is 15.0 Å². The van der Waals surface area contributed by atoms with E-state index in [9.17, 15) is 10.1 Å². The molecule has 0 bridgehead atoms. The van der Waals surface area contributed by atoms with Crippen molar-refractivity contribution < 1.29 is 0 Å². The van der Waals surface area contributed by atoms with Crippen molar-refractivity contribution in [2.45, 2.75) is 13.0 Å². The van der Waals surface area contributed by atoms with Crippen LogP contribution in [-0.4, -0.2) is 19.5 Å². The van der Waals surface area contributed by atoms with Gasteiger partial charge >= 0.3 is 0 Å². The number of anilines is 2. The minimum Gasteiger partial charge on any atom is -0.382 e. The zero-order chi connectivity index (χ0) is 18.1. The van der Waals surface area contributed by atoms with Crippen molar-refractivity contribution >= 4 is 34.1 Å². The molecule has 0 unspecified atom stereocenters. The van der Waals surface area contributed by atoms with Crippen molar-refractivity contribution in [3.63, 3.8) is 0 Å². The Morgan fingerprint density at radius 3 is 2.88 bits per heavy atom. The summed E-state index contributed by atoms with van der Waals surface area (Å²) in [4.78, 5) is 25.0. The predicted molar refractivity (Wildman–Crippen MR) is 95.2 cm³/mol. The summed E-state index contributed by atoms with van der Waals surface area (Å²) in [6.45, 7) is 1.80. The highest BCUT2D eigenvalue weighted by atomic mass is 35.5. The van der Waals surface area contributed by atoms with Gasteiger partial charge < -0.3 is 11.1 Å². The molecule has 0 fully saturated rings. The summed E-state index contributed by atoms with van der Waals surface area (Å²) in [5.74, 6) is 0.836. The van der Waals surface area contributed by atoms with Crippen LogP contribution in [0, 0.1) is 11.3 Å². The van der Waals surface area contributed by atoms with Crippen LogP contribution in [0.15, 0.2) is 29.3 Å². The average molecular weight is 356 g/mol. The van der Waals surface area contributed by atoms with Crippen LogP contribution in [0.5, 0.6) is 0 Å². The number of nitrogens with one attached hydrogen (secondary N) is 1. The second-order valence-corrected chi connectivity index (χ2v) is 5.84. The number of aromatic nitrogens is 4. The molecule has 126 valence electrons. The summed E-state index contributed by atoms with van der Waals surface area (Å²) >= 11 is 6.12. The summed E-state index contributed by atoms with van der Waals surface area (Å²) in [6.07, 6.45) is 1.26. The Labute approximate surface area is 147 Å². The molecule has 0 saturated carbocycles. The second kappa shape index (κ2) is 6.37. The third kappa shape index (κ3) is 2.86. The van der Waals surface area contributed by atoms with Crippen LogP contribution in [0.2, 0.25) is 5.02 Å². The van der Waals surface area contributed by atoms with Crippen molar-refractivity contribution in [2.75, 3.05) is 11.1 Å². The quantitative estimate of drug-likeness (QED) is 0.736. The molecule has 9 heteroatoms.